The topological polar surface area (TPSA) is 281 Å². The molecule has 24 heteroatoms. The van der Waals surface area contributed by atoms with Crippen molar-refractivity contribution in [2.24, 2.45) is 0 Å². The highest BCUT2D eigenvalue weighted by Crippen LogP contribution is 2.23. The van der Waals surface area contributed by atoms with Gasteiger partial charge < -0.3 is 33.8 Å². The molecule has 0 bridgehead atoms. The summed E-state index contributed by atoms with van der Waals surface area (Å²) in [5, 5.41) is 2.86. The number of oxazole rings is 3. The van der Waals surface area contributed by atoms with E-state index in [2.05, 4.69) is 10.1 Å². The maximum Gasteiger partial charge on any atom is 0.420 e. The third kappa shape index (κ3) is 17.8. The molecular formula is C58H51Cl4N5O15. The second-order valence-electron chi connectivity index (χ2n) is 17.7. The Balaban J connectivity index is 0.000000188. The number of fused-ring (bicyclic) bond motifs is 3. The summed E-state index contributed by atoms with van der Waals surface area (Å²) in [4.78, 5) is 114. The molecule has 0 radical (unpaired) electrons. The van der Waals surface area contributed by atoms with Crippen LogP contribution >= 0.6 is 46.4 Å². The first-order valence-electron chi connectivity index (χ1n) is 24.9. The van der Waals surface area contributed by atoms with Crippen molar-refractivity contribution in [1.29, 1.82) is 0 Å². The predicted molar refractivity (Wildman–Crippen MR) is 307 cm³/mol. The molecule has 0 fully saturated rings. The van der Waals surface area contributed by atoms with Gasteiger partial charge in [-0.3, -0.25) is 37.7 Å². The van der Waals surface area contributed by atoms with E-state index in [0.29, 0.717) is 66.2 Å². The first-order chi connectivity index (χ1) is 39.1. The van der Waals surface area contributed by atoms with Gasteiger partial charge in [0.25, 0.3) is 5.91 Å². The molecule has 0 saturated heterocycles. The van der Waals surface area contributed by atoms with Gasteiger partial charge in [-0.25, -0.2) is 24.0 Å². The zero-order valence-corrected chi connectivity index (χ0v) is 47.1. The number of amides is 1. The van der Waals surface area contributed by atoms with Gasteiger partial charge in [0.05, 0.1) is 49.4 Å². The second-order valence-corrected chi connectivity index (χ2v) is 19.4. The third-order valence-corrected chi connectivity index (χ3v) is 12.4. The van der Waals surface area contributed by atoms with E-state index < -0.39 is 51.9 Å². The summed E-state index contributed by atoms with van der Waals surface area (Å²) in [6.45, 7) is 6.07. The van der Waals surface area contributed by atoms with Crippen LogP contribution in [-0.4, -0.2) is 73.9 Å². The summed E-state index contributed by atoms with van der Waals surface area (Å²) in [5.74, 6) is -5.21. The maximum atomic E-state index is 12.2. The monoisotopic (exact) mass is 1200 g/mol. The number of aromatic nitrogens is 3. The molecule has 6 aromatic carbocycles. The van der Waals surface area contributed by atoms with Crippen molar-refractivity contribution in [3.63, 3.8) is 0 Å². The lowest BCUT2D eigenvalue weighted by Gasteiger charge is -2.07. The average Bonchev–Trinajstić information content (AvgIpc) is 4.27. The number of Topliss-reactive ketones (excluding diaryl/α,β-unsaturated/α-hetero) is 3. The van der Waals surface area contributed by atoms with E-state index in [0.717, 1.165) is 22.2 Å². The Bertz CT molecular complexity index is 4020. The number of rotatable bonds is 18. The van der Waals surface area contributed by atoms with Crippen LogP contribution in [0.1, 0.15) is 55.0 Å². The molecule has 1 amide bonds. The largest absolute Gasteiger partial charge is 0.460 e. The third-order valence-electron chi connectivity index (χ3n) is 11.5. The van der Waals surface area contributed by atoms with Gasteiger partial charge in [-0.2, -0.15) is 0 Å². The summed E-state index contributed by atoms with van der Waals surface area (Å²) in [5.41, 5.74) is 13.5. The number of hydrogen-bond donors (Lipinski definition) is 2. The van der Waals surface area contributed by atoms with Gasteiger partial charge in [-0.05, 0) is 109 Å². The number of carbonyl (C=O) groups is 7. The predicted octanol–water partition coefficient (Wildman–Crippen LogP) is 8.67. The van der Waals surface area contributed by atoms with Crippen molar-refractivity contribution < 1.29 is 56.3 Å². The first-order valence-corrected chi connectivity index (χ1v) is 26.4. The fourth-order valence-corrected chi connectivity index (χ4v) is 8.40. The number of nitrogens with zero attached hydrogens (tertiary/aromatic N) is 3. The number of nitrogen functional groups attached to an aromatic ring is 1. The van der Waals surface area contributed by atoms with Gasteiger partial charge in [0.1, 0.15) is 5.78 Å². The zero-order chi connectivity index (χ0) is 59.6. The number of carbonyl (C=O) groups excluding carboxylic acids is 7. The molecule has 0 aliphatic heterocycles. The molecule has 0 aliphatic carbocycles. The normalized spacial score (nSPS) is 10.6. The lowest BCUT2D eigenvalue weighted by Crippen LogP contribution is -2.33. The number of ketones is 3. The molecule has 0 atom stereocenters. The number of benzene rings is 6. The Labute approximate surface area is 485 Å². The van der Waals surface area contributed by atoms with E-state index in [9.17, 15) is 47.9 Å². The Kier molecular flexibility index (Phi) is 22.5. The molecule has 9 rings (SSSR count). The van der Waals surface area contributed by atoms with Crippen LogP contribution in [0, 0.1) is 0 Å². The quantitative estimate of drug-likeness (QED) is 0.0352. The van der Waals surface area contributed by atoms with E-state index in [4.69, 9.17) is 70.1 Å². The summed E-state index contributed by atoms with van der Waals surface area (Å²) >= 11 is 22.4. The Morgan fingerprint density at radius 3 is 1.27 bits per heavy atom. The molecular weight excluding hydrogens is 1150 g/mol. The van der Waals surface area contributed by atoms with E-state index in [1.54, 1.807) is 115 Å². The van der Waals surface area contributed by atoms with Crippen LogP contribution in [0.15, 0.2) is 155 Å². The van der Waals surface area contributed by atoms with Crippen molar-refractivity contribution in [3.8, 4) is 0 Å². The summed E-state index contributed by atoms with van der Waals surface area (Å²) in [6, 6.07) is 36.7. The minimum atomic E-state index is -1.08. The van der Waals surface area contributed by atoms with Crippen molar-refractivity contribution in [3.05, 3.63) is 202 Å². The molecule has 0 aliphatic rings. The minimum absolute atomic E-state index is 0.0523. The standard InChI is InChI=1S/C21H19ClN2O5.C19H16ClNO5.C14H11ClN2O2.C4H5ClO3/c1-13(25)7-8-23-20(27)18(26)10-14-3-2-4-15(9-14)12-24-17-6-5-16(22)11-19(17)29-21(24)28;1-2-25-18(23)16(22)9-12-4-3-5-13(8-12)11-21-15-7-6-14(20)10-17(15)26-19(21)24;15-10-4-5-12-13(7-10)19-14(18)17(12)8-9-2-1-3-11(16)6-9;1-2-8-4(7)3(5)6/h2-6,9,11H,7-8,10,12H2,1H3,(H,23,27);3-8,10H,2,9,11H2,1H3;1-7H,8,16H2;2H2,1H3. The van der Waals surface area contributed by atoms with Crippen LogP contribution in [0.3, 0.4) is 0 Å². The molecule has 426 valence electrons. The second kappa shape index (κ2) is 29.6. The highest BCUT2D eigenvalue weighted by atomic mass is 35.5. The van der Waals surface area contributed by atoms with Crippen molar-refractivity contribution in [1.82, 2.24) is 19.0 Å². The van der Waals surface area contributed by atoms with Crippen LogP contribution in [-0.2, 0) is 75.5 Å². The Hall–Kier alpha value is -8.82. The molecule has 3 N–H and O–H groups in total. The lowest BCUT2D eigenvalue weighted by atomic mass is 10.1. The number of anilines is 1. The average molecular weight is 1200 g/mol. The van der Waals surface area contributed by atoms with Crippen LogP contribution in [0.4, 0.5) is 5.69 Å². The smallest absolute Gasteiger partial charge is 0.420 e. The Morgan fingerprint density at radius 2 is 0.890 bits per heavy atom. The molecule has 0 unspecified atom stereocenters. The minimum Gasteiger partial charge on any atom is -0.460 e. The molecule has 3 aromatic heterocycles. The molecule has 3 heterocycles. The van der Waals surface area contributed by atoms with Gasteiger partial charge in [-0.1, -0.05) is 95.5 Å². The van der Waals surface area contributed by atoms with Crippen LogP contribution in [0.2, 0.25) is 15.1 Å². The van der Waals surface area contributed by atoms with Gasteiger partial charge in [-0.15, -0.1) is 0 Å². The lowest BCUT2D eigenvalue weighted by molar-refractivity contribution is -0.153. The van der Waals surface area contributed by atoms with Crippen LogP contribution in [0.5, 0.6) is 0 Å². The van der Waals surface area contributed by atoms with Crippen molar-refractivity contribution >= 4 is 126 Å². The van der Waals surface area contributed by atoms with E-state index >= 15 is 0 Å². The van der Waals surface area contributed by atoms with E-state index in [1.165, 1.54) is 16.1 Å². The summed E-state index contributed by atoms with van der Waals surface area (Å²) in [6.07, 6.45) is 0.0623. The summed E-state index contributed by atoms with van der Waals surface area (Å²) in [7, 11) is 0. The molecule has 82 heavy (non-hydrogen) atoms. The zero-order valence-electron chi connectivity index (χ0n) is 44.0. The highest BCUT2D eigenvalue weighted by molar-refractivity contribution is 6.80. The molecule has 9 aromatic rings. The number of hydrogen-bond acceptors (Lipinski definition) is 16. The van der Waals surface area contributed by atoms with Gasteiger partial charge in [0, 0.05) is 64.8 Å². The van der Waals surface area contributed by atoms with Crippen molar-refractivity contribution in [2.75, 3.05) is 25.5 Å². The number of halogens is 4. The first kappa shape index (κ1) is 62.4. The van der Waals surface area contributed by atoms with Crippen molar-refractivity contribution in [2.45, 2.75) is 59.7 Å². The maximum absolute atomic E-state index is 12.2. The fraction of sp³-hybridized carbons (Fsp3) is 0.207. The Morgan fingerprint density at radius 1 is 0.512 bits per heavy atom. The number of ether oxygens (including phenoxy) is 2. The molecule has 0 saturated carbocycles. The van der Waals surface area contributed by atoms with Crippen LogP contribution < -0.4 is 28.3 Å². The SMILES string of the molecule is CC(=O)CCNC(=O)C(=O)Cc1cccc(Cn2c(=O)oc3cc(Cl)ccc32)c1.CCOC(=O)C(=O)Cc1cccc(Cn2c(=O)oc3cc(Cl)ccc32)c1.CCOC(=O)C(=O)Cl.Nc1cccc(Cn2c(=O)oc3cc(Cl)ccc32)c1. The van der Waals surface area contributed by atoms with Crippen LogP contribution in [0.25, 0.3) is 33.3 Å². The highest BCUT2D eigenvalue weighted by Gasteiger charge is 2.18. The van der Waals surface area contributed by atoms with Gasteiger partial charge in [0.15, 0.2) is 16.7 Å². The van der Waals surface area contributed by atoms with E-state index in [-0.39, 0.29) is 57.9 Å². The van der Waals surface area contributed by atoms with E-state index in [1.807, 2.05) is 30.3 Å². The fourth-order valence-electron chi connectivity index (χ4n) is 7.86. The summed E-state index contributed by atoms with van der Waals surface area (Å²) < 4.78 is 29.0. The molecule has 20 nitrogen and oxygen atoms in total. The number of esters is 2. The number of nitrogens with two attached hydrogens (primary N) is 1. The van der Waals surface area contributed by atoms with Gasteiger partial charge >= 0.3 is 34.4 Å². The van der Waals surface area contributed by atoms with Gasteiger partial charge in [0.2, 0.25) is 11.6 Å². The number of nitrogens with one attached hydrogen (secondary N) is 1. The molecule has 0 spiro atoms.